The van der Waals surface area contributed by atoms with Gasteiger partial charge < -0.3 is 0 Å². The Labute approximate surface area is 145 Å². The van der Waals surface area contributed by atoms with Gasteiger partial charge in [0.15, 0.2) is 0 Å². The van der Waals surface area contributed by atoms with Gasteiger partial charge in [0.25, 0.3) is 0 Å². The molecule has 1 aromatic heterocycles. The Balaban J connectivity index is 1.93. The van der Waals surface area contributed by atoms with Crippen molar-refractivity contribution in [1.29, 1.82) is 0 Å². The smallest absolute Gasteiger partial charge is 0.0340 e. The van der Waals surface area contributed by atoms with Crippen molar-refractivity contribution in [2.24, 2.45) is 0 Å². The van der Waals surface area contributed by atoms with Gasteiger partial charge in [-0.3, -0.25) is 4.98 Å². The topological polar surface area (TPSA) is 12.9 Å². The summed E-state index contributed by atoms with van der Waals surface area (Å²) < 4.78 is 0. The molecule has 0 aliphatic heterocycles. The molecule has 0 saturated carbocycles. The van der Waals surface area contributed by atoms with Crippen molar-refractivity contribution in [3.05, 3.63) is 65.3 Å². The highest BCUT2D eigenvalue weighted by atomic mass is 32.2. The number of allylic oxidation sites excluding steroid dienone is 1. The Morgan fingerprint density at radius 3 is 2.48 bits per heavy atom. The molecule has 0 amide bonds. The van der Waals surface area contributed by atoms with Gasteiger partial charge in [0, 0.05) is 17.3 Å². The third-order valence-corrected chi connectivity index (χ3v) is 4.87. The van der Waals surface area contributed by atoms with E-state index in [4.69, 9.17) is 0 Å². The first kappa shape index (κ1) is 17.8. The molecule has 23 heavy (non-hydrogen) atoms. The van der Waals surface area contributed by atoms with E-state index in [-0.39, 0.29) is 0 Å². The third kappa shape index (κ3) is 7.51. The van der Waals surface area contributed by atoms with Crippen molar-refractivity contribution < 1.29 is 0 Å². The fourth-order valence-corrected chi connectivity index (χ4v) is 3.56. The van der Waals surface area contributed by atoms with Crippen LogP contribution in [0.5, 0.6) is 0 Å². The lowest BCUT2D eigenvalue weighted by molar-refractivity contribution is 0.610. The van der Waals surface area contributed by atoms with E-state index in [0.29, 0.717) is 0 Å². The summed E-state index contributed by atoms with van der Waals surface area (Å²) in [5.74, 6) is 0. The summed E-state index contributed by atoms with van der Waals surface area (Å²) in [4.78, 5) is 6.96. The second kappa shape index (κ2) is 11.1. The standard InChI is InChI=1S/C21H27NS/c1-2-3-4-5-6-8-15-21(17-19-12-11-16-22-18-19)23-20-13-9-7-10-14-20/h7,9-14,16-18H,2-6,8,15H2,1H3. The summed E-state index contributed by atoms with van der Waals surface area (Å²) >= 11 is 1.89. The molecule has 0 aliphatic rings. The second-order valence-corrected chi connectivity index (χ2v) is 7.03. The average Bonchev–Trinajstić information content (AvgIpc) is 2.60. The van der Waals surface area contributed by atoms with Crippen LogP contribution in [0.15, 0.2) is 64.7 Å². The van der Waals surface area contributed by atoms with Crippen molar-refractivity contribution >= 4 is 17.8 Å². The molecule has 0 saturated heterocycles. The van der Waals surface area contributed by atoms with Crippen LogP contribution in [0.25, 0.3) is 6.08 Å². The predicted molar refractivity (Wildman–Crippen MR) is 103 cm³/mol. The number of nitrogens with zero attached hydrogens (tertiary/aromatic N) is 1. The van der Waals surface area contributed by atoms with E-state index in [0.717, 1.165) is 6.42 Å². The van der Waals surface area contributed by atoms with E-state index >= 15 is 0 Å². The molecule has 0 bridgehead atoms. The minimum Gasteiger partial charge on any atom is -0.264 e. The minimum absolute atomic E-state index is 1.15. The first-order chi connectivity index (χ1) is 11.4. The second-order valence-electron chi connectivity index (χ2n) is 5.83. The van der Waals surface area contributed by atoms with E-state index in [1.54, 1.807) is 0 Å². The van der Waals surface area contributed by atoms with Gasteiger partial charge in [0.1, 0.15) is 0 Å². The zero-order valence-electron chi connectivity index (χ0n) is 14.1. The normalized spacial score (nSPS) is 11.6. The Kier molecular flexibility index (Phi) is 8.57. The summed E-state index contributed by atoms with van der Waals surface area (Å²) in [6.07, 6.45) is 15.2. The lowest BCUT2D eigenvalue weighted by Gasteiger charge is -2.08. The van der Waals surface area contributed by atoms with Crippen LogP contribution in [0, 0.1) is 0 Å². The van der Waals surface area contributed by atoms with Gasteiger partial charge in [-0.25, -0.2) is 0 Å². The zero-order valence-corrected chi connectivity index (χ0v) is 14.9. The van der Waals surface area contributed by atoms with Crippen molar-refractivity contribution in [3.63, 3.8) is 0 Å². The summed E-state index contributed by atoms with van der Waals surface area (Å²) in [6.45, 7) is 2.27. The number of unbranched alkanes of at least 4 members (excludes halogenated alkanes) is 5. The fourth-order valence-electron chi connectivity index (χ4n) is 2.52. The maximum Gasteiger partial charge on any atom is 0.0340 e. The minimum atomic E-state index is 1.15. The molecule has 0 unspecified atom stereocenters. The van der Waals surface area contributed by atoms with Crippen LogP contribution in [0.1, 0.15) is 57.4 Å². The molecule has 2 heteroatoms. The van der Waals surface area contributed by atoms with Crippen molar-refractivity contribution in [2.45, 2.75) is 56.8 Å². The van der Waals surface area contributed by atoms with Gasteiger partial charge in [0.05, 0.1) is 0 Å². The number of benzene rings is 1. The number of thioether (sulfide) groups is 1. The van der Waals surface area contributed by atoms with Gasteiger partial charge in [0.2, 0.25) is 0 Å². The van der Waals surface area contributed by atoms with E-state index < -0.39 is 0 Å². The summed E-state index contributed by atoms with van der Waals surface area (Å²) in [5.41, 5.74) is 1.19. The summed E-state index contributed by atoms with van der Waals surface area (Å²) in [5, 5.41) is 0. The zero-order chi connectivity index (χ0) is 16.2. The number of hydrogen-bond acceptors (Lipinski definition) is 2. The first-order valence-corrected chi connectivity index (χ1v) is 9.53. The van der Waals surface area contributed by atoms with E-state index in [2.05, 4.69) is 54.4 Å². The monoisotopic (exact) mass is 325 g/mol. The van der Waals surface area contributed by atoms with Crippen LogP contribution < -0.4 is 0 Å². The molecular weight excluding hydrogens is 298 g/mol. The van der Waals surface area contributed by atoms with Gasteiger partial charge >= 0.3 is 0 Å². The van der Waals surface area contributed by atoms with Crippen LogP contribution in [-0.4, -0.2) is 4.98 Å². The Morgan fingerprint density at radius 1 is 0.957 bits per heavy atom. The van der Waals surface area contributed by atoms with Gasteiger partial charge in [-0.15, -0.1) is 0 Å². The summed E-state index contributed by atoms with van der Waals surface area (Å²) in [6, 6.07) is 14.8. The molecule has 122 valence electrons. The fraction of sp³-hybridized carbons (Fsp3) is 0.381. The molecule has 1 heterocycles. The first-order valence-electron chi connectivity index (χ1n) is 8.72. The average molecular weight is 326 g/mol. The highest BCUT2D eigenvalue weighted by Crippen LogP contribution is 2.31. The van der Waals surface area contributed by atoms with Crippen LogP contribution in [0.2, 0.25) is 0 Å². The van der Waals surface area contributed by atoms with E-state index in [1.807, 2.05) is 30.2 Å². The van der Waals surface area contributed by atoms with Gasteiger partial charge in [-0.2, -0.15) is 0 Å². The van der Waals surface area contributed by atoms with Crippen LogP contribution >= 0.6 is 11.8 Å². The number of hydrogen-bond donors (Lipinski definition) is 0. The molecule has 0 fully saturated rings. The maximum atomic E-state index is 4.22. The van der Waals surface area contributed by atoms with E-state index in [9.17, 15) is 0 Å². The number of pyridine rings is 1. The largest absolute Gasteiger partial charge is 0.264 e. The Morgan fingerprint density at radius 2 is 1.74 bits per heavy atom. The Hall–Kier alpha value is -1.54. The van der Waals surface area contributed by atoms with Crippen LogP contribution in [-0.2, 0) is 0 Å². The molecule has 0 atom stereocenters. The highest BCUT2D eigenvalue weighted by molar-refractivity contribution is 8.03. The molecule has 0 radical (unpaired) electrons. The van der Waals surface area contributed by atoms with Gasteiger partial charge in [-0.1, -0.05) is 75.1 Å². The highest BCUT2D eigenvalue weighted by Gasteiger charge is 2.02. The number of rotatable bonds is 10. The van der Waals surface area contributed by atoms with Gasteiger partial charge in [-0.05, 0) is 47.6 Å². The Bertz CT molecular complexity index is 563. The number of aromatic nitrogens is 1. The third-order valence-electron chi connectivity index (χ3n) is 3.78. The molecule has 0 aliphatic carbocycles. The molecule has 2 rings (SSSR count). The predicted octanol–water partition coefficient (Wildman–Crippen LogP) is 6.97. The maximum absolute atomic E-state index is 4.22. The van der Waals surface area contributed by atoms with E-state index in [1.165, 1.54) is 53.9 Å². The molecule has 2 aromatic rings. The molecule has 1 aromatic carbocycles. The lowest BCUT2D eigenvalue weighted by atomic mass is 10.1. The van der Waals surface area contributed by atoms with Crippen LogP contribution in [0.4, 0.5) is 0 Å². The van der Waals surface area contributed by atoms with Crippen LogP contribution in [0.3, 0.4) is 0 Å². The molecule has 0 spiro atoms. The van der Waals surface area contributed by atoms with Crippen molar-refractivity contribution in [2.75, 3.05) is 0 Å². The lowest BCUT2D eigenvalue weighted by Crippen LogP contribution is -1.84. The van der Waals surface area contributed by atoms with Crippen molar-refractivity contribution in [3.8, 4) is 0 Å². The van der Waals surface area contributed by atoms with Crippen molar-refractivity contribution in [1.82, 2.24) is 4.98 Å². The SMILES string of the molecule is CCCCCCCCC(=Cc1cccnc1)Sc1ccccc1. The molecule has 1 nitrogen and oxygen atoms in total. The quantitative estimate of drug-likeness (QED) is 0.346. The summed E-state index contributed by atoms with van der Waals surface area (Å²) in [7, 11) is 0. The molecule has 0 N–H and O–H groups in total. The molecular formula is C21H27NS.